The van der Waals surface area contributed by atoms with Gasteiger partial charge in [0.15, 0.2) is 0 Å². The molecule has 1 atom stereocenters. The molecule has 5 heavy (non-hydrogen) atoms. The smallest absolute Gasteiger partial charge is 0.210 e. The van der Waals surface area contributed by atoms with Crippen molar-refractivity contribution in [2.24, 2.45) is 0 Å². The summed E-state index contributed by atoms with van der Waals surface area (Å²) in [4.78, 5) is 0. The summed E-state index contributed by atoms with van der Waals surface area (Å²) in [6, 6.07) is 0. The quantitative estimate of drug-likeness (QED) is 0.501. The van der Waals surface area contributed by atoms with Crippen molar-refractivity contribution in [3.05, 3.63) is 0 Å². The molecule has 0 amide bonds. The van der Waals surface area contributed by atoms with Crippen LogP contribution >= 0.6 is 0 Å². The first kappa shape index (κ1) is 1.58. The number of hydrogen-bond acceptors (Lipinski definition) is 2. The molecule has 1 unspecified atom stereocenters. The summed E-state index contributed by atoms with van der Waals surface area (Å²) in [7, 11) is -0.182. The molecule has 0 saturated heterocycles. The van der Waals surface area contributed by atoms with Crippen molar-refractivity contribution in [1.29, 1.82) is 1.43 Å². The van der Waals surface area contributed by atoms with E-state index < -0.39 is 6.58 Å². The van der Waals surface area contributed by atoms with Gasteiger partial charge < -0.3 is 9.85 Å². The summed E-state index contributed by atoms with van der Waals surface area (Å²) in [6.45, 7) is -0.979. The predicted octanol–water partition coefficient (Wildman–Crippen LogP) is -0.375. The molecule has 0 aliphatic carbocycles. The summed E-state index contributed by atoms with van der Waals surface area (Å²) in [6.07, 6.45) is 0. The number of methoxy groups -OCH3 is 1. The van der Waals surface area contributed by atoms with Crippen LogP contribution in [0.5, 0.6) is 0 Å². The largest absolute Gasteiger partial charge is 0.394 e. The topological polar surface area (TPSA) is 29.5 Å². The van der Waals surface area contributed by atoms with Crippen LogP contribution in [0.3, 0.4) is 0 Å². The molecular formula is C3H8O2. The zero-order valence-corrected chi connectivity index (χ0v) is 2.81. The molecule has 32 valence electrons. The third kappa shape index (κ3) is 3.92. The van der Waals surface area contributed by atoms with Gasteiger partial charge in [-0.25, -0.2) is 0 Å². The van der Waals surface area contributed by atoms with Crippen LogP contribution in [0.25, 0.3) is 0 Å². The summed E-state index contributed by atoms with van der Waals surface area (Å²) < 4.78 is 23.7. The van der Waals surface area contributed by atoms with Gasteiger partial charge in [-0.2, -0.15) is 0 Å². The zero-order valence-electron chi connectivity index (χ0n) is 5.81. The fourth-order valence-corrected chi connectivity index (χ4v) is 0.0481. The third-order valence-corrected chi connectivity index (χ3v) is 0.186. The van der Waals surface area contributed by atoms with E-state index in [4.69, 9.17) is 4.17 Å². The minimum Gasteiger partial charge on any atom is -0.394 e. The van der Waals surface area contributed by atoms with Gasteiger partial charge in [0.05, 0.1) is 15.9 Å². The van der Waals surface area contributed by atoms with Crippen LogP contribution in [0.4, 0.5) is 0 Å². The van der Waals surface area contributed by atoms with Gasteiger partial charge in [0.1, 0.15) is 0 Å². The van der Waals surface area contributed by atoms with Crippen LogP contribution in [0.2, 0.25) is 0 Å². The minimum absolute atomic E-state index is 0.00694. The second-order valence-corrected chi connectivity index (χ2v) is 0.537. The summed E-state index contributed by atoms with van der Waals surface area (Å²) >= 11 is 0. The highest BCUT2D eigenvalue weighted by Crippen LogP contribution is 1.56. The van der Waals surface area contributed by atoms with Crippen LogP contribution in [0.1, 0.15) is 2.74 Å². The molecule has 0 radical (unpaired) electrons. The molecule has 0 fully saturated rings. The normalized spacial score (nSPS) is 22.8. The fraction of sp³-hybridized carbons (Fsp3) is 1.00. The van der Waals surface area contributed by atoms with Gasteiger partial charge in [0.2, 0.25) is 1.43 Å². The highest BCUT2D eigenvalue weighted by molar-refractivity contribution is 4.12. The second kappa shape index (κ2) is 3.92. The summed E-state index contributed by atoms with van der Waals surface area (Å²) in [5.74, 6) is 0. The van der Waals surface area contributed by atoms with Crippen molar-refractivity contribution in [2.75, 3.05) is 20.3 Å². The number of ether oxygens (including phenoxy) is 1. The lowest BCUT2D eigenvalue weighted by atomic mass is 10.8. The van der Waals surface area contributed by atoms with Crippen molar-refractivity contribution in [3.8, 4) is 0 Å². The van der Waals surface area contributed by atoms with Crippen molar-refractivity contribution in [2.45, 2.75) is 0 Å². The third-order valence-electron chi connectivity index (χ3n) is 0.186. The molecule has 0 aromatic rings. The molecule has 0 heterocycles. The highest BCUT2D eigenvalue weighted by atomic mass is 16.5. The van der Waals surface area contributed by atoms with Gasteiger partial charge in [0, 0.05) is 7.09 Å². The lowest BCUT2D eigenvalue weighted by Gasteiger charge is -1.84. The summed E-state index contributed by atoms with van der Waals surface area (Å²) in [5, 5.41) is 3.76. The first-order valence-corrected chi connectivity index (χ1v) is 1.22. The first-order valence-electron chi connectivity index (χ1n) is 2.91. The van der Waals surface area contributed by atoms with E-state index in [1.54, 1.807) is 0 Å². The lowest BCUT2D eigenvalue weighted by molar-refractivity contribution is 0.135. The van der Waals surface area contributed by atoms with Gasteiger partial charge in [-0.15, -0.1) is 0 Å². The van der Waals surface area contributed by atoms with Crippen LogP contribution in [0, 0.1) is 0 Å². The van der Waals surface area contributed by atoms with E-state index in [2.05, 4.69) is 9.85 Å². The van der Waals surface area contributed by atoms with Crippen LogP contribution in [-0.4, -0.2) is 26.8 Å². The Hall–Kier alpha value is -0.0800. The Morgan fingerprint density at radius 1 is 2.80 bits per heavy atom. The van der Waals surface area contributed by atoms with Crippen molar-refractivity contribution in [1.82, 2.24) is 0 Å². The molecule has 2 nitrogen and oxygen atoms in total. The zero-order chi connectivity index (χ0) is 6.41. The minimum atomic E-state index is -0.972. The van der Waals surface area contributed by atoms with E-state index in [0.717, 1.165) is 0 Å². The van der Waals surface area contributed by atoms with E-state index >= 15 is 0 Å². The van der Waals surface area contributed by atoms with Crippen LogP contribution in [0.15, 0.2) is 0 Å². The maximum absolute atomic E-state index is 6.71. The molecule has 0 spiro atoms. The van der Waals surface area contributed by atoms with Gasteiger partial charge in [0.25, 0.3) is 0 Å². The van der Waals surface area contributed by atoms with Gasteiger partial charge >= 0.3 is 0 Å². The Labute approximate surface area is 35.7 Å². The van der Waals surface area contributed by atoms with Gasteiger partial charge in [-0.1, -0.05) is 0 Å². The Morgan fingerprint density at radius 3 is 4.40 bits per heavy atom. The van der Waals surface area contributed by atoms with Crippen molar-refractivity contribution >= 4 is 0 Å². The monoisotopic (exact) mass is 80.1 g/mol. The number of hydrogen-bond donors (Lipinski definition) is 1. The maximum Gasteiger partial charge on any atom is 0.210 e. The molecule has 0 aromatic carbocycles. The van der Waals surface area contributed by atoms with E-state index in [1.807, 2.05) is 0 Å². The molecule has 0 saturated carbocycles. The average Bonchev–Trinajstić information content (AvgIpc) is 1.83. The summed E-state index contributed by atoms with van der Waals surface area (Å²) in [5.41, 5.74) is 0. The van der Waals surface area contributed by atoms with Crippen LogP contribution < -0.4 is 0 Å². The number of aliphatic hydroxyl groups excluding tert-OH is 1. The van der Waals surface area contributed by atoms with E-state index in [0.29, 0.717) is 0 Å². The highest BCUT2D eigenvalue weighted by Gasteiger charge is 1.67. The van der Waals surface area contributed by atoms with E-state index in [9.17, 15) is 0 Å². The maximum atomic E-state index is 6.71. The standard InChI is InChI=1S/C3H8O2/c1-5-3-2-4/h4H,2-3H2,1H3/i1T,2D,4D. The molecular weight excluding hydrogens is 68.0 g/mol. The van der Waals surface area contributed by atoms with Gasteiger partial charge in [-0.3, -0.25) is 0 Å². The molecule has 0 aliphatic rings. The molecule has 0 aliphatic heterocycles. The van der Waals surface area contributed by atoms with Crippen molar-refractivity contribution in [3.63, 3.8) is 0 Å². The first-order chi connectivity index (χ1) is 3.81. The lowest BCUT2D eigenvalue weighted by Crippen LogP contribution is -1.91. The molecule has 1 N–H and O–H groups in total. The van der Waals surface area contributed by atoms with Crippen LogP contribution in [-0.2, 0) is 4.74 Å². The van der Waals surface area contributed by atoms with E-state index in [-0.39, 0.29) is 13.7 Å². The molecule has 0 bridgehead atoms. The SMILES string of the molecule is [2H]OC([2H])COC[3H]. The van der Waals surface area contributed by atoms with Crippen molar-refractivity contribution < 1.29 is 12.6 Å². The second-order valence-electron chi connectivity index (χ2n) is 0.537. The molecule has 0 rings (SSSR count). The average molecular weight is 80.1 g/mol. The number of rotatable bonds is 3. The van der Waals surface area contributed by atoms with E-state index in [1.165, 1.54) is 0 Å². The Kier molecular flexibility index (Phi) is 1.24. The number of aliphatic hydroxyl groups is 1. The Morgan fingerprint density at radius 2 is 3.80 bits per heavy atom. The predicted molar refractivity (Wildman–Crippen MR) is 19.0 cm³/mol. The molecule has 2 heteroatoms. The fourth-order valence-electron chi connectivity index (χ4n) is 0.0481. The Balaban J connectivity index is 2.86. The molecule has 0 aromatic heterocycles. The van der Waals surface area contributed by atoms with Gasteiger partial charge in [-0.05, 0) is 0 Å². The Bertz CT molecular complexity index is 51.8.